The minimum Gasteiger partial charge on any atom is -0.598 e. The zero-order valence-corrected chi connectivity index (χ0v) is 14.6. The van der Waals surface area contributed by atoms with Gasteiger partial charge in [0.15, 0.2) is 0 Å². The Morgan fingerprint density at radius 1 is 1.25 bits per heavy atom. The first-order valence-corrected chi connectivity index (χ1v) is 8.55. The van der Waals surface area contributed by atoms with Crippen molar-refractivity contribution in [1.82, 2.24) is 9.71 Å². The third kappa shape index (κ3) is 4.66. The van der Waals surface area contributed by atoms with Crippen molar-refractivity contribution in [1.29, 1.82) is 0 Å². The summed E-state index contributed by atoms with van der Waals surface area (Å²) < 4.78 is 46.1. The molecule has 0 aliphatic rings. The smallest absolute Gasteiger partial charge is 0.228 e. The Morgan fingerprint density at radius 3 is 2.46 bits per heavy atom. The molecule has 0 bridgehead atoms. The molecule has 1 heterocycles. The minimum absolute atomic E-state index is 0.147. The summed E-state index contributed by atoms with van der Waals surface area (Å²) in [6.07, 6.45) is 1.48. The van der Waals surface area contributed by atoms with Gasteiger partial charge in [-0.05, 0) is 50.6 Å². The van der Waals surface area contributed by atoms with Gasteiger partial charge in [-0.3, -0.25) is 4.98 Å². The van der Waals surface area contributed by atoms with Gasteiger partial charge in [-0.2, -0.15) is 0 Å². The van der Waals surface area contributed by atoms with Gasteiger partial charge in [0.05, 0.1) is 0 Å². The second-order valence-corrected chi connectivity index (χ2v) is 8.12. The van der Waals surface area contributed by atoms with Crippen LogP contribution in [-0.2, 0) is 11.4 Å². The zero-order valence-electron chi connectivity index (χ0n) is 13.8. The highest BCUT2D eigenvalue weighted by Crippen LogP contribution is 2.27. The molecule has 2 rings (SSSR count). The van der Waals surface area contributed by atoms with Crippen LogP contribution in [0, 0.1) is 5.82 Å². The fourth-order valence-corrected chi connectivity index (χ4v) is 2.81. The summed E-state index contributed by atoms with van der Waals surface area (Å²) in [4.78, 5) is 4.09. The second kappa shape index (κ2) is 7.92. The molecule has 1 unspecified atom stereocenters. The van der Waals surface area contributed by atoms with Crippen LogP contribution in [-0.4, -0.2) is 21.1 Å². The number of hydrogen-bond acceptors (Lipinski definition) is 4. The van der Waals surface area contributed by atoms with Crippen molar-refractivity contribution in [2.45, 2.75) is 31.6 Å². The Balaban J connectivity index is 2.37. The number of hydrogen-bond donors (Lipinski definition) is 1. The highest BCUT2D eigenvalue weighted by atomic mass is 32.2. The number of pyridine rings is 1. The third-order valence-electron chi connectivity index (χ3n) is 3.28. The molecule has 0 spiro atoms. The predicted octanol–water partition coefficient (Wildman–Crippen LogP) is 3.67. The van der Waals surface area contributed by atoms with Gasteiger partial charge in [-0.1, -0.05) is 12.1 Å². The lowest BCUT2D eigenvalue weighted by atomic mass is 10.0. The third-order valence-corrected chi connectivity index (χ3v) is 4.84. The van der Waals surface area contributed by atoms with Gasteiger partial charge < -0.3 is 9.29 Å². The Bertz CT molecular complexity index is 662. The lowest BCUT2D eigenvalue weighted by Gasteiger charge is -2.28. The van der Waals surface area contributed by atoms with Crippen LogP contribution in [0.3, 0.4) is 0 Å². The quantitative estimate of drug-likeness (QED) is 0.804. The SMILES string of the molecule is CC(C)(C)[S+]([O-])N[C@@H](c1ccc(OCF)cc1)c1ncccc1F. The van der Waals surface area contributed by atoms with Gasteiger partial charge in [-0.25, -0.2) is 8.78 Å². The number of nitrogens with zero attached hydrogens (tertiary/aromatic N) is 1. The molecule has 0 aliphatic heterocycles. The van der Waals surface area contributed by atoms with Gasteiger partial charge >= 0.3 is 0 Å². The van der Waals surface area contributed by atoms with E-state index < -0.39 is 34.8 Å². The number of alkyl halides is 1. The van der Waals surface area contributed by atoms with Gasteiger partial charge in [0.25, 0.3) is 0 Å². The van der Waals surface area contributed by atoms with Crippen LogP contribution in [0.4, 0.5) is 8.78 Å². The number of benzene rings is 1. The van der Waals surface area contributed by atoms with Crippen LogP contribution < -0.4 is 9.46 Å². The molecule has 0 fully saturated rings. The Labute approximate surface area is 143 Å². The normalized spacial score (nSPS) is 14.2. The summed E-state index contributed by atoms with van der Waals surface area (Å²) in [5.74, 6) is -0.136. The maximum Gasteiger partial charge on any atom is 0.228 e. The van der Waals surface area contributed by atoms with E-state index in [1.807, 2.05) is 20.8 Å². The molecule has 0 aliphatic carbocycles. The Morgan fingerprint density at radius 2 is 1.92 bits per heavy atom. The van der Waals surface area contributed by atoms with Crippen LogP contribution in [0.1, 0.15) is 38.1 Å². The van der Waals surface area contributed by atoms with Crippen LogP contribution in [0.15, 0.2) is 42.6 Å². The van der Waals surface area contributed by atoms with Gasteiger partial charge in [-0.15, -0.1) is 4.72 Å². The Kier molecular flexibility index (Phi) is 6.15. The first-order valence-electron chi connectivity index (χ1n) is 7.40. The summed E-state index contributed by atoms with van der Waals surface area (Å²) in [5.41, 5.74) is 0.797. The van der Waals surface area contributed by atoms with E-state index in [2.05, 4.69) is 9.71 Å². The standard InChI is InChI=1S/C17H20F2N2O2S/c1-17(2,3)24(22)21-15(16-14(19)5-4-10-20-16)12-6-8-13(9-7-12)23-11-18/h4-10,15,21H,11H2,1-3H3/t15-,24?/m0/s1. The van der Waals surface area contributed by atoms with Gasteiger partial charge in [0.2, 0.25) is 6.86 Å². The molecule has 4 nitrogen and oxygen atoms in total. The highest BCUT2D eigenvalue weighted by molar-refractivity contribution is 7.90. The van der Waals surface area contributed by atoms with Crippen molar-refractivity contribution in [3.8, 4) is 5.75 Å². The van der Waals surface area contributed by atoms with Crippen molar-refractivity contribution >= 4 is 11.4 Å². The molecule has 0 saturated heterocycles. The molecule has 7 heteroatoms. The Hall–Kier alpha value is -1.70. The molecule has 1 aromatic carbocycles. The fraction of sp³-hybridized carbons (Fsp3) is 0.353. The number of rotatable bonds is 6. The number of aromatic nitrogens is 1. The van der Waals surface area contributed by atoms with E-state index >= 15 is 0 Å². The lowest BCUT2D eigenvalue weighted by Crippen LogP contribution is -2.42. The maximum atomic E-state index is 14.2. The number of ether oxygens (including phenoxy) is 1. The summed E-state index contributed by atoms with van der Waals surface area (Å²) >= 11 is -1.43. The predicted molar refractivity (Wildman–Crippen MR) is 90.1 cm³/mol. The minimum atomic E-state index is -1.43. The van der Waals surface area contributed by atoms with E-state index in [0.717, 1.165) is 0 Å². The maximum absolute atomic E-state index is 14.2. The van der Waals surface area contributed by atoms with Crippen molar-refractivity contribution in [2.24, 2.45) is 0 Å². The summed E-state index contributed by atoms with van der Waals surface area (Å²) in [7, 11) is 0. The largest absolute Gasteiger partial charge is 0.598 e. The molecule has 2 aromatic rings. The lowest BCUT2D eigenvalue weighted by molar-refractivity contribution is 0.191. The zero-order chi connectivity index (χ0) is 17.7. The average molecular weight is 354 g/mol. The number of nitrogens with one attached hydrogen (secondary N) is 1. The topological polar surface area (TPSA) is 57.2 Å². The summed E-state index contributed by atoms with van der Waals surface area (Å²) in [6, 6.07) is 8.57. The van der Waals surface area contributed by atoms with E-state index in [0.29, 0.717) is 11.3 Å². The first-order chi connectivity index (χ1) is 11.3. The van der Waals surface area contributed by atoms with E-state index in [-0.39, 0.29) is 5.69 Å². The van der Waals surface area contributed by atoms with Crippen LogP contribution in [0.2, 0.25) is 0 Å². The molecule has 0 radical (unpaired) electrons. The summed E-state index contributed by atoms with van der Waals surface area (Å²) in [6.45, 7) is 4.53. The molecule has 2 atom stereocenters. The van der Waals surface area contributed by atoms with Gasteiger partial charge in [0, 0.05) is 17.6 Å². The van der Waals surface area contributed by atoms with E-state index in [1.54, 1.807) is 24.3 Å². The highest BCUT2D eigenvalue weighted by Gasteiger charge is 2.32. The first kappa shape index (κ1) is 18.6. The fourth-order valence-electron chi connectivity index (χ4n) is 2.00. The number of halogens is 2. The monoisotopic (exact) mass is 354 g/mol. The van der Waals surface area contributed by atoms with Crippen LogP contribution in [0.25, 0.3) is 0 Å². The van der Waals surface area contributed by atoms with Crippen molar-refractivity contribution < 1.29 is 18.1 Å². The molecular formula is C17H20F2N2O2S. The van der Waals surface area contributed by atoms with Crippen LogP contribution in [0.5, 0.6) is 5.75 Å². The molecule has 24 heavy (non-hydrogen) atoms. The average Bonchev–Trinajstić information content (AvgIpc) is 2.53. The molecule has 130 valence electrons. The van der Waals surface area contributed by atoms with E-state index in [1.165, 1.54) is 18.3 Å². The molecule has 1 N–H and O–H groups in total. The van der Waals surface area contributed by atoms with Crippen molar-refractivity contribution in [2.75, 3.05) is 6.86 Å². The van der Waals surface area contributed by atoms with E-state index in [4.69, 9.17) is 4.74 Å². The van der Waals surface area contributed by atoms with E-state index in [9.17, 15) is 13.3 Å². The van der Waals surface area contributed by atoms with Crippen molar-refractivity contribution in [3.63, 3.8) is 0 Å². The van der Waals surface area contributed by atoms with Crippen LogP contribution >= 0.6 is 0 Å². The van der Waals surface area contributed by atoms with Crippen molar-refractivity contribution in [3.05, 3.63) is 59.7 Å². The molecule has 0 amide bonds. The molecule has 1 aromatic heterocycles. The molecular weight excluding hydrogens is 334 g/mol. The molecule has 0 saturated carbocycles. The second-order valence-electron chi connectivity index (χ2n) is 6.12. The summed E-state index contributed by atoms with van der Waals surface area (Å²) in [5, 5.41) is 0. The van der Waals surface area contributed by atoms with Gasteiger partial charge in [0.1, 0.15) is 28.0 Å².